The van der Waals surface area contributed by atoms with Crippen LogP contribution in [0.5, 0.6) is 5.75 Å². The van der Waals surface area contributed by atoms with Crippen LogP contribution in [0.3, 0.4) is 0 Å². The van der Waals surface area contributed by atoms with Crippen molar-refractivity contribution >= 4 is 16.9 Å². The maximum Gasteiger partial charge on any atom is 0.326 e. The van der Waals surface area contributed by atoms with Gasteiger partial charge in [-0.05, 0) is 54.9 Å². The van der Waals surface area contributed by atoms with Crippen LogP contribution >= 0.6 is 0 Å². The van der Waals surface area contributed by atoms with Gasteiger partial charge >= 0.3 is 6.03 Å². The van der Waals surface area contributed by atoms with Crippen molar-refractivity contribution in [3.05, 3.63) is 29.5 Å². The third kappa shape index (κ3) is 2.10. The normalized spacial score (nSPS) is 32.3. The molecule has 2 saturated heterocycles. The van der Waals surface area contributed by atoms with Crippen LogP contribution in [0.15, 0.2) is 18.2 Å². The molecule has 4 heterocycles. The van der Waals surface area contributed by atoms with E-state index in [1.54, 1.807) is 13.1 Å². The van der Waals surface area contributed by atoms with Gasteiger partial charge in [0.25, 0.3) is 0 Å². The fourth-order valence-corrected chi connectivity index (χ4v) is 6.17. The van der Waals surface area contributed by atoms with Crippen molar-refractivity contribution in [3.8, 4) is 5.75 Å². The monoisotopic (exact) mass is 353 g/mol. The van der Waals surface area contributed by atoms with Crippen molar-refractivity contribution in [2.45, 2.75) is 44.6 Å². The Hall–Kier alpha value is -2.01. The summed E-state index contributed by atoms with van der Waals surface area (Å²) in [5, 5.41) is 13.9. The molecule has 5 atom stereocenters. The molecule has 2 aromatic rings. The number of piperidine rings is 2. The summed E-state index contributed by atoms with van der Waals surface area (Å²) in [6, 6.07) is 5.91. The van der Waals surface area contributed by atoms with Crippen molar-refractivity contribution in [2.24, 2.45) is 11.8 Å². The van der Waals surface area contributed by atoms with Crippen molar-refractivity contribution < 1.29 is 9.90 Å². The molecule has 2 N–H and O–H groups in total. The number of phenols is 1. The number of amides is 1. The molecule has 5 heteroatoms. The second-order valence-corrected chi connectivity index (χ2v) is 8.30. The van der Waals surface area contributed by atoms with Crippen LogP contribution in [0.4, 0.5) is 4.79 Å². The van der Waals surface area contributed by atoms with Crippen LogP contribution in [0.1, 0.15) is 43.4 Å². The van der Waals surface area contributed by atoms with E-state index in [0.717, 1.165) is 35.7 Å². The molecule has 1 aromatic carbocycles. The van der Waals surface area contributed by atoms with E-state index >= 15 is 0 Å². The summed E-state index contributed by atoms with van der Waals surface area (Å²) in [6.45, 7) is 4.58. The molecule has 1 aromatic heterocycles. The van der Waals surface area contributed by atoms with Gasteiger partial charge in [-0.3, -0.25) is 9.47 Å². The lowest BCUT2D eigenvalue weighted by molar-refractivity contribution is -0.0138. The van der Waals surface area contributed by atoms with Gasteiger partial charge in [0.2, 0.25) is 0 Å². The van der Waals surface area contributed by atoms with Gasteiger partial charge in [-0.15, -0.1) is 0 Å². The standard InChI is InChI=1S/C21H27N3O2/c1-3-13-8-12-9-17-19(13)23(11-12)7-6-15-16-10-14(25)4-5-18(16)24(20(15)17)21(26)22-2/h4-5,10,12-13,17,19,25H,3,6-9,11H2,1-2H3,(H,22,26)/t12-,13-,17+,19?/m0/s1. The van der Waals surface area contributed by atoms with E-state index < -0.39 is 0 Å². The van der Waals surface area contributed by atoms with Gasteiger partial charge in [0.15, 0.2) is 0 Å². The molecule has 138 valence electrons. The number of carbonyl (C=O) groups excluding carboxylic acids is 1. The Morgan fingerprint density at radius 3 is 2.96 bits per heavy atom. The fourth-order valence-electron chi connectivity index (χ4n) is 6.17. The zero-order chi connectivity index (χ0) is 18.0. The number of benzene rings is 1. The number of aromatic nitrogens is 1. The Morgan fingerprint density at radius 1 is 1.35 bits per heavy atom. The molecule has 0 spiro atoms. The van der Waals surface area contributed by atoms with Crippen LogP contribution < -0.4 is 5.32 Å². The van der Waals surface area contributed by atoms with Gasteiger partial charge in [-0.2, -0.15) is 0 Å². The van der Waals surface area contributed by atoms with Crippen molar-refractivity contribution in [3.63, 3.8) is 0 Å². The lowest BCUT2D eigenvalue weighted by atomic mass is 9.65. The number of nitrogens with one attached hydrogen (secondary N) is 1. The number of nitrogens with zero attached hydrogens (tertiary/aromatic N) is 2. The first kappa shape index (κ1) is 16.2. The second kappa shape index (κ2) is 5.74. The Balaban J connectivity index is 1.78. The molecule has 1 aliphatic carbocycles. The average Bonchev–Trinajstić information content (AvgIpc) is 2.92. The topological polar surface area (TPSA) is 57.5 Å². The summed E-state index contributed by atoms with van der Waals surface area (Å²) in [5.41, 5.74) is 3.41. The Labute approximate surface area is 154 Å². The molecule has 3 fully saturated rings. The molecule has 1 saturated carbocycles. The van der Waals surface area contributed by atoms with Crippen molar-refractivity contribution in [1.82, 2.24) is 14.8 Å². The molecule has 2 unspecified atom stereocenters. The fraction of sp³-hybridized carbons (Fsp3) is 0.571. The molecular formula is C21H27N3O2. The van der Waals surface area contributed by atoms with E-state index in [9.17, 15) is 9.90 Å². The molecule has 0 radical (unpaired) electrons. The number of fused-ring (bicyclic) bond motifs is 4. The number of hydrogen-bond donors (Lipinski definition) is 2. The first-order valence-corrected chi connectivity index (χ1v) is 9.94. The van der Waals surface area contributed by atoms with Crippen LogP contribution in [0, 0.1) is 11.8 Å². The van der Waals surface area contributed by atoms with Crippen molar-refractivity contribution in [2.75, 3.05) is 20.1 Å². The summed E-state index contributed by atoms with van der Waals surface area (Å²) in [7, 11) is 1.70. The molecule has 26 heavy (non-hydrogen) atoms. The maximum atomic E-state index is 12.9. The lowest BCUT2D eigenvalue weighted by Crippen LogP contribution is -2.56. The molecule has 6 rings (SSSR count). The smallest absolute Gasteiger partial charge is 0.326 e. The molecule has 1 amide bonds. The van der Waals surface area contributed by atoms with Crippen molar-refractivity contribution in [1.29, 1.82) is 0 Å². The minimum atomic E-state index is -0.0649. The largest absolute Gasteiger partial charge is 0.508 e. The third-order valence-corrected chi connectivity index (χ3v) is 7.07. The van der Waals surface area contributed by atoms with Gasteiger partial charge in [0, 0.05) is 43.2 Å². The highest BCUT2D eigenvalue weighted by atomic mass is 16.3. The number of carbonyl (C=O) groups is 1. The third-order valence-electron chi connectivity index (χ3n) is 7.07. The van der Waals surface area contributed by atoms with Gasteiger partial charge in [0.1, 0.15) is 5.75 Å². The molecule has 4 aliphatic rings. The zero-order valence-electron chi connectivity index (χ0n) is 15.5. The summed E-state index contributed by atoms with van der Waals surface area (Å²) in [5.74, 6) is 2.15. The summed E-state index contributed by atoms with van der Waals surface area (Å²) < 4.78 is 1.91. The number of rotatable bonds is 1. The first-order chi connectivity index (χ1) is 12.6. The van der Waals surface area contributed by atoms with E-state index in [4.69, 9.17) is 0 Å². The van der Waals surface area contributed by atoms with E-state index in [-0.39, 0.29) is 11.8 Å². The minimum absolute atomic E-state index is 0.0649. The highest BCUT2D eigenvalue weighted by molar-refractivity contribution is 5.96. The SMILES string of the molecule is CC[C@H]1C[C@H]2C[C@H]3c4c(c5cc(O)ccc5n4C(=O)NC)CCN(C2)C13. The second-order valence-electron chi connectivity index (χ2n) is 8.30. The Morgan fingerprint density at radius 2 is 2.19 bits per heavy atom. The summed E-state index contributed by atoms with van der Waals surface area (Å²) in [6.07, 6.45) is 4.69. The maximum absolute atomic E-state index is 12.9. The first-order valence-electron chi connectivity index (χ1n) is 9.94. The average molecular weight is 353 g/mol. The predicted octanol–water partition coefficient (Wildman–Crippen LogP) is 3.29. The van der Waals surface area contributed by atoms with Crippen LogP contribution in [0.25, 0.3) is 10.9 Å². The van der Waals surface area contributed by atoms with E-state index in [2.05, 4.69) is 17.1 Å². The Kier molecular flexibility index (Phi) is 3.58. The van der Waals surface area contributed by atoms with Crippen LogP contribution in [-0.2, 0) is 6.42 Å². The summed E-state index contributed by atoms with van der Waals surface area (Å²) in [4.78, 5) is 15.5. The van der Waals surface area contributed by atoms with Crippen LogP contribution in [-0.4, -0.2) is 46.8 Å². The molecular weight excluding hydrogens is 326 g/mol. The summed E-state index contributed by atoms with van der Waals surface area (Å²) >= 11 is 0. The predicted molar refractivity (Wildman–Crippen MR) is 102 cm³/mol. The van der Waals surface area contributed by atoms with E-state index in [1.165, 1.54) is 37.1 Å². The minimum Gasteiger partial charge on any atom is -0.508 e. The van der Waals surface area contributed by atoms with E-state index in [1.807, 2.05) is 16.7 Å². The van der Waals surface area contributed by atoms with Gasteiger partial charge in [-0.1, -0.05) is 13.3 Å². The zero-order valence-corrected chi connectivity index (χ0v) is 15.5. The van der Waals surface area contributed by atoms with Gasteiger partial charge < -0.3 is 10.4 Å². The Bertz CT molecular complexity index is 887. The lowest BCUT2D eigenvalue weighted by Gasteiger charge is -2.53. The number of aromatic hydroxyl groups is 1. The number of hydrogen-bond acceptors (Lipinski definition) is 3. The number of phenolic OH excluding ortho intramolecular Hbond substituents is 1. The highest BCUT2D eigenvalue weighted by Gasteiger charge is 2.49. The highest BCUT2D eigenvalue weighted by Crippen LogP contribution is 2.52. The quantitative estimate of drug-likeness (QED) is 0.827. The molecule has 4 bridgehead atoms. The van der Waals surface area contributed by atoms with Gasteiger partial charge in [-0.25, -0.2) is 4.79 Å². The van der Waals surface area contributed by atoms with Crippen LogP contribution in [0.2, 0.25) is 0 Å². The molecule has 3 aliphatic heterocycles. The molecule has 5 nitrogen and oxygen atoms in total. The van der Waals surface area contributed by atoms with Gasteiger partial charge in [0.05, 0.1) is 5.52 Å². The van der Waals surface area contributed by atoms with E-state index in [0.29, 0.717) is 12.0 Å².